The Labute approximate surface area is 120 Å². The molecule has 0 radical (unpaired) electrons. The summed E-state index contributed by atoms with van der Waals surface area (Å²) in [7, 11) is 0. The maximum atomic E-state index is 13.9. The van der Waals surface area contributed by atoms with Crippen LogP contribution < -0.4 is 4.90 Å². The maximum Gasteiger partial charge on any atom is 0.299 e. The first-order chi connectivity index (χ1) is 10.1. The average molecular weight is 295 g/mol. The van der Waals surface area contributed by atoms with Crippen LogP contribution in [0, 0.1) is 11.6 Å². The van der Waals surface area contributed by atoms with Gasteiger partial charge in [0.15, 0.2) is 0 Å². The van der Waals surface area contributed by atoms with Gasteiger partial charge in [0.1, 0.15) is 11.6 Å². The van der Waals surface area contributed by atoms with Crippen LogP contribution in [0.3, 0.4) is 0 Å². The number of fused-ring (bicyclic) bond motifs is 1. The number of carbonyl (C=O) groups excluding carboxylic acids is 2. The number of ether oxygens (including phenoxy) is 1. The molecule has 1 fully saturated rings. The molecule has 2 aliphatic heterocycles. The first kappa shape index (κ1) is 14.1. The lowest BCUT2D eigenvalue weighted by molar-refractivity contribution is -0.114. The monoisotopic (exact) mass is 295 g/mol. The van der Waals surface area contributed by atoms with Gasteiger partial charge in [0.05, 0.1) is 17.4 Å². The summed E-state index contributed by atoms with van der Waals surface area (Å²) in [6, 6.07) is 1.81. The van der Waals surface area contributed by atoms with E-state index in [9.17, 15) is 18.4 Å². The molecule has 0 aliphatic carbocycles. The fourth-order valence-corrected chi connectivity index (χ4v) is 2.91. The first-order valence-corrected chi connectivity index (χ1v) is 7.05. The van der Waals surface area contributed by atoms with Crippen LogP contribution in [0.2, 0.25) is 0 Å². The summed E-state index contributed by atoms with van der Waals surface area (Å²) in [5.74, 6) is -3.44. The van der Waals surface area contributed by atoms with E-state index in [1.54, 1.807) is 0 Å². The number of Topliss-reactive ketones (excluding diaryl/α,β-unsaturated/α-hetero) is 1. The highest BCUT2D eigenvalue weighted by atomic mass is 19.1. The molecule has 0 N–H and O–H groups in total. The van der Waals surface area contributed by atoms with Gasteiger partial charge in [0.25, 0.3) is 11.7 Å². The smallest absolute Gasteiger partial charge is 0.299 e. The van der Waals surface area contributed by atoms with Crippen molar-refractivity contribution < 1.29 is 23.1 Å². The molecule has 4 nitrogen and oxygen atoms in total. The van der Waals surface area contributed by atoms with Crippen LogP contribution in [0.5, 0.6) is 0 Å². The molecule has 112 valence electrons. The Kier molecular flexibility index (Phi) is 3.71. The fraction of sp³-hybridized carbons (Fsp3) is 0.467. The van der Waals surface area contributed by atoms with Crippen LogP contribution >= 0.6 is 0 Å². The molecule has 2 heterocycles. The molecule has 6 heteroatoms. The van der Waals surface area contributed by atoms with E-state index in [2.05, 4.69) is 0 Å². The predicted octanol–water partition coefficient (Wildman–Crippen LogP) is 2.45. The van der Waals surface area contributed by atoms with Gasteiger partial charge in [-0.25, -0.2) is 8.78 Å². The lowest BCUT2D eigenvalue weighted by atomic mass is 10.1. The summed E-state index contributed by atoms with van der Waals surface area (Å²) in [4.78, 5) is 24.7. The van der Waals surface area contributed by atoms with Crippen molar-refractivity contribution in [3.05, 3.63) is 29.3 Å². The number of anilines is 1. The number of amides is 1. The highest BCUT2D eigenvalue weighted by Gasteiger charge is 2.40. The zero-order valence-corrected chi connectivity index (χ0v) is 11.4. The molecular formula is C15H15F2NO3. The lowest BCUT2D eigenvalue weighted by Crippen LogP contribution is -2.31. The van der Waals surface area contributed by atoms with Crippen molar-refractivity contribution in [3.63, 3.8) is 0 Å². The van der Waals surface area contributed by atoms with Gasteiger partial charge in [-0.15, -0.1) is 0 Å². The van der Waals surface area contributed by atoms with E-state index in [0.717, 1.165) is 42.9 Å². The van der Waals surface area contributed by atoms with Crippen LogP contribution in [0.25, 0.3) is 0 Å². The highest BCUT2D eigenvalue weighted by molar-refractivity contribution is 6.52. The molecule has 0 saturated carbocycles. The van der Waals surface area contributed by atoms with Gasteiger partial charge in [0.2, 0.25) is 0 Å². The number of halogens is 2. The standard InChI is InChI=1S/C15H15F2NO3/c16-10-5-6-11(17)13-12(10)14(19)15(20)18(13)7-1-3-9-4-2-8-21-9/h5-6,9H,1-4,7-8H2. The van der Waals surface area contributed by atoms with Crippen molar-refractivity contribution in [3.8, 4) is 0 Å². The van der Waals surface area contributed by atoms with Crippen molar-refractivity contribution in [2.75, 3.05) is 18.1 Å². The molecular weight excluding hydrogens is 280 g/mol. The largest absolute Gasteiger partial charge is 0.378 e. The van der Waals surface area contributed by atoms with Gasteiger partial charge in [-0.2, -0.15) is 0 Å². The molecule has 1 amide bonds. The molecule has 1 atom stereocenters. The lowest BCUT2D eigenvalue weighted by Gasteiger charge is -2.18. The number of nitrogens with zero attached hydrogens (tertiary/aromatic N) is 1. The Bertz CT molecular complexity index is 597. The SMILES string of the molecule is O=C1C(=O)N(CCCC2CCCO2)c2c(F)ccc(F)c21. The summed E-state index contributed by atoms with van der Waals surface area (Å²) < 4.78 is 33.0. The number of hydrogen-bond donors (Lipinski definition) is 0. The second kappa shape index (κ2) is 5.52. The predicted molar refractivity (Wildman–Crippen MR) is 71.2 cm³/mol. The Morgan fingerprint density at radius 2 is 2.00 bits per heavy atom. The molecule has 0 spiro atoms. The number of ketones is 1. The Balaban J connectivity index is 1.76. The van der Waals surface area contributed by atoms with Crippen LogP contribution in [-0.4, -0.2) is 30.9 Å². The fourth-order valence-electron chi connectivity index (χ4n) is 2.91. The number of hydrogen-bond acceptors (Lipinski definition) is 3. The third-order valence-corrected chi connectivity index (χ3v) is 3.95. The summed E-state index contributed by atoms with van der Waals surface area (Å²) in [6.07, 6.45) is 3.49. The molecule has 1 unspecified atom stereocenters. The van der Waals surface area contributed by atoms with Crippen molar-refractivity contribution in [2.24, 2.45) is 0 Å². The quantitative estimate of drug-likeness (QED) is 0.802. The minimum atomic E-state index is -0.973. The maximum absolute atomic E-state index is 13.9. The van der Waals surface area contributed by atoms with E-state index in [-0.39, 0.29) is 18.3 Å². The van der Waals surface area contributed by atoms with Gasteiger partial charge >= 0.3 is 0 Å². The van der Waals surface area contributed by atoms with E-state index < -0.39 is 28.9 Å². The third kappa shape index (κ3) is 2.44. The summed E-state index contributed by atoms with van der Waals surface area (Å²) >= 11 is 0. The van der Waals surface area contributed by atoms with E-state index in [0.29, 0.717) is 6.42 Å². The van der Waals surface area contributed by atoms with Crippen LogP contribution in [0.4, 0.5) is 14.5 Å². The van der Waals surface area contributed by atoms with Crippen LogP contribution in [-0.2, 0) is 9.53 Å². The first-order valence-electron chi connectivity index (χ1n) is 7.05. The zero-order chi connectivity index (χ0) is 15.0. The number of rotatable bonds is 4. The van der Waals surface area contributed by atoms with Gasteiger partial charge in [-0.1, -0.05) is 0 Å². The Hall–Kier alpha value is -1.82. The summed E-state index contributed by atoms with van der Waals surface area (Å²) in [5, 5.41) is 0. The Morgan fingerprint density at radius 3 is 2.71 bits per heavy atom. The van der Waals surface area contributed by atoms with E-state index in [1.807, 2.05) is 0 Å². The van der Waals surface area contributed by atoms with E-state index in [1.165, 1.54) is 0 Å². The molecule has 21 heavy (non-hydrogen) atoms. The minimum absolute atomic E-state index is 0.162. The molecule has 1 saturated heterocycles. The van der Waals surface area contributed by atoms with Crippen molar-refractivity contribution in [1.29, 1.82) is 0 Å². The van der Waals surface area contributed by atoms with Gasteiger partial charge in [-0.05, 0) is 37.8 Å². The number of carbonyl (C=O) groups is 2. The topological polar surface area (TPSA) is 46.6 Å². The molecule has 0 aromatic heterocycles. The molecule has 1 aromatic rings. The Morgan fingerprint density at radius 1 is 1.24 bits per heavy atom. The van der Waals surface area contributed by atoms with Crippen molar-refractivity contribution >= 4 is 17.4 Å². The average Bonchev–Trinajstić information content (AvgIpc) is 3.06. The molecule has 0 bridgehead atoms. The second-order valence-corrected chi connectivity index (χ2v) is 5.32. The van der Waals surface area contributed by atoms with Gasteiger partial charge in [-0.3, -0.25) is 9.59 Å². The van der Waals surface area contributed by atoms with E-state index >= 15 is 0 Å². The normalized spacial score (nSPS) is 21.2. The molecule has 1 aromatic carbocycles. The van der Waals surface area contributed by atoms with E-state index in [4.69, 9.17) is 4.74 Å². The zero-order valence-electron chi connectivity index (χ0n) is 11.4. The molecule has 2 aliphatic rings. The van der Waals surface area contributed by atoms with Crippen molar-refractivity contribution in [1.82, 2.24) is 0 Å². The van der Waals surface area contributed by atoms with Gasteiger partial charge in [0, 0.05) is 13.2 Å². The third-order valence-electron chi connectivity index (χ3n) is 3.95. The summed E-state index contributed by atoms with van der Waals surface area (Å²) in [5.41, 5.74) is -0.672. The molecule has 3 rings (SSSR count). The minimum Gasteiger partial charge on any atom is -0.378 e. The summed E-state index contributed by atoms with van der Waals surface area (Å²) in [6.45, 7) is 0.937. The van der Waals surface area contributed by atoms with Crippen molar-refractivity contribution in [2.45, 2.75) is 31.8 Å². The van der Waals surface area contributed by atoms with Gasteiger partial charge < -0.3 is 9.64 Å². The van der Waals surface area contributed by atoms with Crippen LogP contribution in [0.1, 0.15) is 36.0 Å². The number of benzene rings is 1. The highest BCUT2D eigenvalue weighted by Crippen LogP contribution is 2.34. The van der Waals surface area contributed by atoms with Crippen LogP contribution in [0.15, 0.2) is 12.1 Å². The second-order valence-electron chi connectivity index (χ2n) is 5.32.